The lowest BCUT2D eigenvalue weighted by molar-refractivity contribution is -0.136. The first-order chi connectivity index (χ1) is 10.5. The Balaban J connectivity index is 2.05. The van der Waals surface area contributed by atoms with Crippen LogP contribution in [0.4, 0.5) is 0 Å². The molecule has 1 saturated heterocycles. The number of benzene rings is 1. The summed E-state index contributed by atoms with van der Waals surface area (Å²) in [6.07, 6.45) is 1.61. The van der Waals surface area contributed by atoms with Crippen LogP contribution in [-0.4, -0.2) is 40.5 Å². The van der Waals surface area contributed by atoms with Crippen molar-refractivity contribution in [1.29, 1.82) is 0 Å². The molecule has 22 heavy (non-hydrogen) atoms. The van der Waals surface area contributed by atoms with E-state index in [2.05, 4.69) is 5.32 Å². The van der Waals surface area contributed by atoms with Crippen LogP contribution >= 0.6 is 0 Å². The second-order valence-corrected chi connectivity index (χ2v) is 5.86. The number of likely N-dealkylation sites (tertiary alicyclic amines) is 1. The Morgan fingerprint density at radius 3 is 2.68 bits per heavy atom. The van der Waals surface area contributed by atoms with Crippen molar-refractivity contribution >= 4 is 11.8 Å². The van der Waals surface area contributed by atoms with Crippen molar-refractivity contribution in [2.75, 3.05) is 6.61 Å². The number of amides is 2. The summed E-state index contributed by atoms with van der Waals surface area (Å²) in [5.41, 5.74) is 2.19. The van der Waals surface area contributed by atoms with E-state index in [1.54, 1.807) is 4.90 Å². The molecule has 0 radical (unpaired) electrons. The Morgan fingerprint density at radius 1 is 1.41 bits per heavy atom. The van der Waals surface area contributed by atoms with E-state index >= 15 is 0 Å². The van der Waals surface area contributed by atoms with Gasteiger partial charge < -0.3 is 15.3 Å². The van der Waals surface area contributed by atoms with Gasteiger partial charge in [-0.3, -0.25) is 9.59 Å². The van der Waals surface area contributed by atoms with Crippen LogP contribution in [0.1, 0.15) is 37.3 Å². The Labute approximate surface area is 131 Å². The van der Waals surface area contributed by atoms with E-state index in [1.807, 2.05) is 38.1 Å². The number of nitrogens with zero attached hydrogens (tertiary/aromatic N) is 1. The summed E-state index contributed by atoms with van der Waals surface area (Å²) < 4.78 is 0. The summed E-state index contributed by atoms with van der Waals surface area (Å²) in [6.45, 7) is 4.29. The molecule has 0 saturated carbocycles. The van der Waals surface area contributed by atoms with Gasteiger partial charge in [0, 0.05) is 13.0 Å². The van der Waals surface area contributed by atoms with Crippen LogP contribution in [0, 0.1) is 6.92 Å². The minimum atomic E-state index is -0.436. The van der Waals surface area contributed by atoms with Crippen molar-refractivity contribution in [2.24, 2.45) is 0 Å². The number of hydrogen-bond acceptors (Lipinski definition) is 3. The van der Waals surface area contributed by atoms with Gasteiger partial charge in [0.05, 0.1) is 12.6 Å². The lowest BCUT2D eigenvalue weighted by atomic mass is 10.1. The molecular formula is C17H24N2O3. The van der Waals surface area contributed by atoms with E-state index in [-0.39, 0.29) is 24.5 Å². The zero-order valence-electron chi connectivity index (χ0n) is 13.2. The van der Waals surface area contributed by atoms with E-state index in [9.17, 15) is 14.7 Å². The molecule has 0 aromatic heterocycles. The first-order valence-electron chi connectivity index (χ1n) is 7.81. The van der Waals surface area contributed by atoms with Gasteiger partial charge in [0.2, 0.25) is 11.8 Å². The van der Waals surface area contributed by atoms with Gasteiger partial charge in [-0.15, -0.1) is 0 Å². The maximum atomic E-state index is 12.4. The maximum Gasteiger partial charge on any atom is 0.243 e. The summed E-state index contributed by atoms with van der Waals surface area (Å²) in [6, 6.07) is 7.30. The van der Waals surface area contributed by atoms with Crippen LogP contribution in [0.3, 0.4) is 0 Å². The first-order valence-corrected chi connectivity index (χ1v) is 7.81. The van der Waals surface area contributed by atoms with E-state index in [0.717, 1.165) is 5.56 Å². The number of nitrogens with one attached hydrogen (secondary N) is 1. The van der Waals surface area contributed by atoms with E-state index in [4.69, 9.17) is 0 Å². The average Bonchev–Trinajstić information content (AvgIpc) is 2.88. The minimum absolute atomic E-state index is 0.0118. The lowest BCUT2D eigenvalue weighted by Gasteiger charge is -2.26. The standard InChI is InChI=1S/C17H24N2O3/c1-3-14(11-20)18-17(22)15-8-9-16(21)19(15)10-13-6-4-12(2)5-7-13/h4-7,14-15,20H,3,8-11H2,1-2H3,(H,18,22). The van der Waals surface area contributed by atoms with Crippen molar-refractivity contribution < 1.29 is 14.7 Å². The highest BCUT2D eigenvalue weighted by molar-refractivity contribution is 5.91. The molecule has 1 aromatic rings. The number of aliphatic hydroxyl groups is 1. The molecule has 0 aliphatic carbocycles. The summed E-state index contributed by atoms with van der Waals surface area (Å²) >= 11 is 0. The number of hydrogen-bond donors (Lipinski definition) is 2. The molecule has 2 unspecified atom stereocenters. The molecule has 2 amide bonds. The van der Waals surface area contributed by atoms with Gasteiger partial charge in [0.1, 0.15) is 6.04 Å². The predicted octanol–water partition coefficient (Wildman–Crippen LogP) is 1.37. The molecule has 1 fully saturated rings. The number of carbonyl (C=O) groups excluding carboxylic acids is 2. The van der Waals surface area contributed by atoms with Gasteiger partial charge in [-0.05, 0) is 25.3 Å². The Morgan fingerprint density at radius 2 is 2.09 bits per heavy atom. The largest absolute Gasteiger partial charge is 0.394 e. The van der Waals surface area contributed by atoms with Crippen molar-refractivity contribution in [3.8, 4) is 0 Å². The third-order valence-electron chi connectivity index (χ3n) is 4.16. The molecule has 1 aromatic carbocycles. The summed E-state index contributed by atoms with van der Waals surface area (Å²) in [7, 11) is 0. The summed E-state index contributed by atoms with van der Waals surface area (Å²) in [5.74, 6) is -0.156. The maximum absolute atomic E-state index is 12.4. The molecule has 5 heteroatoms. The SMILES string of the molecule is CCC(CO)NC(=O)C1CCC(=O)N1Cc1ccc(C)cc1. The number of carbonyl (C=O) groups is 2. The average molecular weight is 304 g/mol. The van der Waals surface area contributed by atoms with Crippen molar-refractivity contribution in [1.82, 2.24) is 10.2 Å². The monoisotopic (exact) mass is 304 g/mol. The van der Waals surface area contributed by atoms with E-state index in [1.165, 1.54) is 5.56 Å². The van der Waals surface area contributed by atoms with Crippen LogP contribution in [0.2, 0.25) is 0 Å². The summed E-state index contributed by atoms with van der Waals surface area (Å²) in [4.78, 5) is 26.1. The molecule has 2 N–H and O–H groups in total. The Kier molecular flexibility index (Phi) is 5.55. The topological polar surface area (TPSA) is 69.6 Å². The number of aliphatic hydroxyl groups excluding tert-OH is 1. The Hall–Kier alpha value is -1.88. The molecule has 2 rings (SSSR count). The normalized spacial score (nSPS) is 19.3. The molecular weight excluding hydrogens is 280 g/mol. The lowest BCUT2D eigenvalue weighted by Crippen LogP contribution is -2.48. The van der Waals surface area contributed by atoms with Gasteiger partial charge in [-0.1, -0.05) is 36.8 Å². The van der Waals surface area contributed by atoms with Crippen LogP contribution in [-0.2, 0) is 16.1 Å². The molecule has 1 aliphatic rings. The molecule has 2 atom stereocenters. The second kappa shape index (κ2) is 7.40. The van der Waals surface area contributed by atoms with Gasteiger partial charge in [-0.2, -0.15) is 0 Å². The van der Waals surface area contributed by atoms with Gasteiger partial charge in [0.25, 0.3) is 0 Å². The molecule has 1 heterocycles. The van der Waals surface area contributed by atoms with Crippen LogP contribution < -0.4 is 5.32 Å². The quantitative estimate of drug-likeness (QED) is 0.834. The first kappa shape index (κ1) is 16.5. The van der Waals surface area contributed by atoms with Gasteiger partial charge >= 0.3 is 0 Å². The fourth-order valence-electron chi connectivity index (χ4n) is 2.67. The second-order valence-electron chi connectivity index (χ2n) is 5.86. The van der Waals surface area contributed by atoms with Crippen molar-refractivity contribution in [2.45, 2.75) is 51.7 Å². The zero-order chi connectivity index (χ0) is 16.1. The van der Waals surface area contributed by atoms with Gasteiger partial charge in [0.15, 0.2) is 0 Å². The molecule has 0 spiro atoms. The highest BCUT2D eigenvalue weighted by Crippen LogP contribution is 2.22. The fourth-order valence-corrected chi connectivity index (χ4v) is 2.67. The highest BCUT2D eigenvalue weighted by Gasteiger charge is 2.36. The van der Waals surface area contributed by atoms with E-state index in [0.29, 0.717) is 25.8 Å². The molecule has 120 valence electrons. The molecule has 1 aliphatic heterocycles. The van der Waals surface area contributed by atoms with Crippen LogP contribution in [0.15, 0.2) is 24.3 Å². The smallest absolute Gasteiger partial charge is 0.243 e. The van der Waals surface area contributed by atoms with Crippen molar-refractivity contribution in [3.05, 3.63) is 35.4 Å². The fraction of sp³-hybridized carbons (Fsp3) is 0.529. The number of rotatable bonds is 6. The van der Waals surface area contributed by atoms with E-state index < -0.39 is 6.04 Å². The molecule has 0 bridgehead atoms. The van der Waals surface area contributed by atoms with Gasteiger partial charge in [-0.25, -0.2) is 0 Å². The van der Waals surface area contributed by atoms with Crippen LogP contribution in [0.5, 0.6) is 0 Å². The minimum Gasteiger partial charge on any atom is -0.394 e. The Bertz CT molecular complexity index is 523. The molecule has 5 nitrogen and oxygen atoms in total. The van der Waals surface area contributed by atoms with Crippen molar-refractivity contribution in [3.63, 3.8) is 0 Å². The zero-order valence-corrected chi connectivity index (χ0v) is 13.2. The summed E-state index contributed by atoms with van der Waals surface area (Å²) in [5, 5.41) is 12.0. The highest BCUT2D eigenvalue weighted by atomic mass is 16.3. The third kappa shape index (κ3) is 3.85. The third-order valence-corrected chi connectivity index (χ3v) is 4.16. The van der Waals surface area contributed by atoms with Crippen LogP contribution in [0.25, 0.3) is 0 Å². The predicted molar refractivity (Wildman–Crippen MR) is 84.1 cm³/mol. The number of aryl methyl sites for hydroxylation is 1.